The Morgan fingerprint density at radius 3 is 1.84 bits per heavy atom. The highest BCUT2D eigenvalue weighted by Gasteiger charge is 2.34. The number of rotatable bonds is 10. The van der Waals surface area contributed by atoms with Crippen LogP contribution in [0.15, 0.2) is 18.2 Å². The molecule has 0 radical (unpaired) electrons. The number of aliphatic carboxylic acids is 1. The van der Waals surface area contributed by atoms with Crippen molar-refractivity contribution < 1.29 is 43.2 Å². The minimum Gasteiger partial charge on any atom is -0.480 e. The zero-order valence-corrected chi connectivity index (χ0v) is 24.2. The summed E-state index contributed by atoms with van der Waals surface area (Å²) in [7, 11) is 0. The van der Waals surface area contributed by atoms with Gasteiger partial charge >= 0.3 is 24.1 Å². The van der Waals surface area contributed by atoms with Crippen LogP contribution in [0.5, 0.6) is 11.5 Å². The van der Waals surface area contributed by atoms with Crippen molar-refractivity contribution in [2.45, 2.75) is 93.2 Å². The Labute approximate surface area is 225 Å². The number of carboxylic acid groups (broad SMARTS) is 1. The third-order valence-corrected chi connectivity index (χ3v) is 5.94. The fourth-order valence-electron chi connectivity index (χ4n) is 3.08. The van der Waals surface area contributed by atoms with Gasteiger partial charge in [0.15, 0.2) is 11.5 Å². The first-order chi connectivity index (χ1) is 17.2. The monoisotopic (exact) mass is 537 g/mol. The minimum atomic E-state index is -1.38. The number of benzene rings is 1. The van der Waals surface area contributed by atoms with Crippen molar-refractivity contribution in [3.05, 3.63) is 23.8 Å². The molecule has 0 spiro atoms. The van der Waals surface area contributed by atoms with Gasteiger partial charge in [0.05, 0.1) is 17.4 Å². The number of carbonyl (C=O) groups excluding carboxylic acids is 3. The van der Waals surface area contributed by atoms with Gasteiger partial charge in [-0.05, 0) is 85.4 Å². The summed E-state index contributed by atoms with van der Waals surface area (Å²) in [5.74, 6) is -3.89. The van der Waals surface area contributed by atoms with Crippen LogP contribution in [0.3, 0.4) is 0 Å². The first-order valence-corrected chi connectivity index (χ1v) is 12.6. The van der Waals surface area contributed by atoms with Crippen molar-refractivity contribution in [1.29, 1.82) is 0 Å². The quantitative estimate of drug-likeness (QED) is 0.306. The molecule has 0 saturated carbocycles. The summed E-state index contributed by atoms with van der Waals surface area (Å²) in [6.07, 6.45) is -0.303. The summed E-state index contributed by atoms with van der Waals surface area (Å²) in [5.41, 5.74) is 4.03. The highest BCUT2D eigenvalue weighted by molar-refractivity contribution is 5.81. The van der Waals surface area contributed by atoms with Crippen molar-refractivity contribution in [3.63, 3.8) is 0 Å². The lowest BCUT2D eigenvalue weighted by Gasteiger charge is -2.29. The molecule has 0 fully saturated rings. The highest BCUT2D eigenvalue weighted by atomic mass is 16.7. The number of hydrogen-bond acceptors (Lipinski definition) is 9. The molecular formula is C28H43NO9. The van der Waals surface area contributed by atoms with Gasteiger partial charge in [0.25, 0.3) is 0 Å². The molecule has 1 rings (SSSR count). The summed E-state index contributed by atoms with van der Waals surface area (Å²) >= 11 is 0. The van der Waals surface area contributed by atoms with Gasteiger partial charge < -0.3 is 29.8 Å². The van der Waals surface area contributed by atoms with Crippen LogP contribution in [-0.2, 0) is 23.9 Å². The van der Waals surface area contributed by atoms with E-state index >= 15 is 0 Å². The number of nitrogens with two attached hydrogens (primary N) is 1. The average Bonchev–Trinajstić information content (AvgIpc) is 2.77. The SMILES string of the molecule is CCC(C)(C)OC(=O)OCC(C)C(c1ccc(OC(=O)C(C)(C)C)c(OC(=O)C(C)(C)C)c1)[C@H](N)C(=O)O. The summed E-state index contributed by atoms with van der Waals surface area (Å²) in [4.78, 5) is 49.3. The van der Waals surface area contributed by atoms with E-state index < -0.39 is 58.4 Å². The van der Waals surface area contributed by atoms with E-state index in [0.717, 1.165) is 0 Å². The van der Waals surface area contributed by atoms with Gasteiger partial charge in [-0.3, -0.25) is 14.4 Å². The van der Waals surface area contributed by atoms with E-state index in [-0.39, 0.29) is 18.1 Å². The predicted molar refractivity (Wildman–Crippen MR) is 141 cm³/mol. The third kappa shape index (κ3) is 9.63. The summed E-state index contributed by atoms with van der Waals surface area (Å²) in [6, 6.07) is 3.02. The van der Waals surface area contributed by atoms with Crippen LogP contribution >= 0.6 is 0 Å². The van der Waals surface area contributed by atoms with Gasteiger partial charge in [0, 0.05) is 5.92 Å². The maximum Gasteiger partial charge on any atom is 0.508 e. The van der Waals surface area contributed by atoms with Crippen molar-refractivity contribution in [2.24, 2.45) is 22.5 Å². The van der Waals surface area contributed by atoms with E-state index in [1.807, 2.05) is 6.92 Å². The lowest BCUT2D eigenvalue weighted by molar-refractivity contribution is -0.145. The van der Waals surface area contributed by atoms with Gasteiger partial charge in [-0.15, -0.1) is 0 Å². The van der Waals surface area contributed by atoms with E-state index in [4.69, 9.17) is 24.7 Å². The second-order valence-corrected chi connectivity index (χ2v) is 12.1. The van der Waals surface area contributed by atoms with Gasteiger partial charge in [-0.2, -0.15) is 0 Å². The molecule has 3 N–H and O–H groups in total. The second kappa shape index (κ2) is 12.6. The van der Waals surface area contributed by atoms with Crippen LogP contribution in [0.1, 0.15) is 87.1 Å². The number of carboxylic acids is 1. The number of carbonyl (C=O) groups is 4. The first kappa shape index (κ1) is 32.9. The lowest BCUT2D eigenvalue weighted by atomic mass is 9.82. The number of ether oxygens (including phenoxy) is 4. The molecule has 1 aromatic carbocycles. The molecule has 0 aromatic heterocycles. The number of esters is 2. The molecule has 0 aliphatic heterocycles. The maximum absolute atomic E-state index is 12.7. The fourth-order valence-corrected chi connectivity index (χ4v) is 3.08. The summed E-state index contributed by atoms with van der Waals surface area (Å²) < 4.78 is 21.7. The molecule has 0 heterocycles. The molecule has 1 aromatic rings. The normalized spacial score (nSPS) is 14.6. The van der Waals surface area contributed by atoms with Crippen LogP contribution in [-0.4, -0.2) is 47.4 Å². The molecule has 3 atom stereocenters. The maximum atomic E-state index is 12.7. The topological polar surface area (TPSA) is 151 Å². The standard InChI is InChI=1S/C28H43NO9/c1-11-28(9,10)38-25(34)35-15-16(2)20(21(29)22(30)31)17-12-13-18(36-23(32)26(3,4)5)19(14-17)37-24(33)27(6,7)8/h12-14,16,20-21H,11,15,29H2,1-10H3,(H,30,31)/t16?,20?,21-/m0/s1. The van der Waals surface area contributed by atoms with Crippen LogP contribution in [0, 0.1) is 16.7 Å². The molecule has 10 heteroatoms. The number of hydrogen-bond donors (Lipinski definition) is 2. The zero-order valence-electron chi connectivity index (χ0n) is 24.2. The zero-order chi connectivity index (χ0) is 29.6. The van der Waals surface area contributed by atoms with Crippen LogP contribution in [0.2, 0.25) is 0 Å². The predicted octanol–water partition coefficient (Wildman–Crippen LogP) is 5.06. The van der Waals surface area contributed by atoms with Crippen molar-refractivity contribution in [1.82, 2.24) is 0 Å². The van der Waals surface area contributed by atoms with E-state index in [2.05, 4.69) is 0 Å². The van der Waals surface area contributed by atoms with Gasteiger partial charge in [0.1, 0.15) is 11.6 Å². The smallest absolute Gasteiger partial charge is 0.480 e. The molecule has 214 valence electrons. The summed E-state index contributed by atoms with van der Waals surface area (Å²) in [5, 5.41) is 9.70. The Balaban J connectivity index is 3.42. The molecule has 0 bridgehead atoms. The molecule has 0 saturated heterocycles. The van der Waals surface area contributed by atoms with Crippen LogP contribution in [0.25, 0.3) is 0 Å². The Morgan fingerprint density at radius 1 is 0.895 bits per heavy atom. The molecule has 0 aliphatic rings. The van der Waals surface area contributed by atoms with Gasteiger partial charge in [-0.25, -0.2) is 4.79 Å². The Hall–Kier alpha value is -3.14. The van der Waals surface area contributed by atoms with Crippen molar-refractivity contribution in [2.75, 3.05) is 6.61 Å². The Kier molecular flexibility index (Phi) is 10.9. The minimum absolute atomic E-state index is 0.00296. The molecule has 2 unspecified atom stereocenters. The van der Waals surface area contributed by atoms with Gasteiger partial charge in [0.2, 0.25) is 0 Å². The Morgan fingerprint density at radius 2 is 1.39 bits per heavy atom. The first-order valence-electron chi connectivity index (χ1n) is 12.6. The molecule has 10 nitrogen and oxygen atoms in total. The van der Waals surface area contributed by atoms with Crippen LogP contribution in [0.4, 0.5) is 4.79 Å². The third-order valence-electron chi connectivity index (χ3n) is 5.94. The fraction of sp³-hybridized carbons (Fsp3) is 0.643. The molecule has 0 amide bonds. The average molecular weight is 538 g/mol. The van der Waals surface area contributed by atoms with E-state index in [1.54, 1.807) is 68.4 Å². The highest BCUT2D eigenvalue weighted by Crippen LogP contribution is 2.37. The van der Waals surface area contributed by atoms with E-state index in [0.29, 0.717) is 12.0 Å². The van der Waals surface area contributed by atoms with E-state index in [9.17, 15) is 24.3 Å². The lowest BCUT2D eigenvalue weighted by Crippen LogP contribution is -2.41. The van der Waals surface area contributed by atoms with Gasteiger partial charge in [-0.1, -0.05) is 19.9 Å². The van der Waals surface area contributed by atoms with E-state index in [1.165, 1.54) is 12.1 Å². The van der Waals surface area contributed by atoms with Crippen molar-refractivity contribution >= 4 is 24.1 Å². The largest absolute Gasteiger partial charge is 0.508 e. The summed E-state index contributed by atoms with van der Waals surface area (Å²) in [6.45, 7) is 16.9. The second-order valence-electron chi connectivity index (χ2n) is 12.1. The molecular weight excluding hydrogens is 494 g/mol. The van der Waals surface area contributed by atoms with Crippen LogP contribution < -0.4 is 15.2 Å². The molecule has 0 aliphatic carbocycles. The molecule has 38 heavy (non-hydrogen) atoms. The van der Waals surface area contributed by atoms with Crippen molar-refractivity contribution in [3.8, 4) is 11.5 Å². The Bertz CT molecular complexity index is 1020.